The van der Waals surface area contributed by atoms with Crippen molar-refractivity contribution in [3.8, 4) is 5.75 Å². The van der Waals surface area contributed by atoms with Gasteiger partial charge in [0.15, 0.2) is 0 Å². The third-order valence-electron chi connectivity index (χ3n) is 3.58. The Balaban J connectivity index is 1.92. The number of aromatic nitrogens is 1. The van der Waals surface area contributed by atoms with E-state index < -0.39 is 10.0 Å². The average molecular weight is 328 g/mol. The topological polar surface area (TPSA) is 68.3 Å². The number of pyridine rings is 1. The van der Waals surface area contributed by atoms with E-state index in [9.17, 15) is 8.42 Å². The molecule has 5 nitrogen and oxygen atoms in total. The van der Waals surface area contributed by atoms with Crippen molar-refractivity contribution in [2.45, 2.75) is 11.4 Å². The van der Waals surface area contributed by atoms with E-state index in [1.807, 2.05) is 24.3 Å². The molecule has 0 aliphatic heterocycles. The van der Waals surface area contributed by atoms with Gasteiger partial charge in [0.25, 0.3) is 0 Å². The van der Waals surface area contributed by atoms with Gasteiger partial charge in [-0.05, 0) is 18.2 Å². The Morgan fingerprint density at radius 3 is 2.74 bits per heavy atom. The summed E-state index contributed by atoms with van der Waals surface area (Å²) in [5.74, 6) is 0.650. The molecule has 118 valence electrons. The van der Waals surface area contributed by atoms with Crippen LogP contribution in [0.2, 0.25) is 0 Å². The predicted octanol–water partition coefficient (Wildman–Crippen LogP) is 2.72. The number of methoxy groups -OCH3 is 1. The van der Waals surface area contributed by atoms with Crippen LogP contribution >= 0.6 is 0 Å². The van der Waals surface area contributed by atoms with Gasteiger partial charge < -0.3 is 4.74 Å². The highest BCUT2D eigenvalue weighted by molar-refractivity contribution is 7.89. The number of para-hydroxylation sites is 1. The maximum atomic E-state index is 12.6. The summed E-state index contributed by atoms with van der Waals surface area (Å²) in [6.07, 6.45) is 3.23. The van der Waals surface area contributed by atoms with Gasteiger partial charge in [-0.15, -0.1) is 0 Å². The van der Waals surface area contributed by atoms with Crippen LogP contribution in [-0.4, -0.2) is 20.5 Å². The van der Waals surface area contributed by atoms with Crippen molar-refractivity contribution in [3.05, 3.63) is 66.5 Å². The van der Waals surface area contributed by atoms with E-state index >= 15 is 0 Å². The number of nitrogens with zero attached hydrogens (tertiary/aromatic N) is 1. The van der Waals surface area contributed by atoms with Crippen molar-refractivity contribution in [1.82, 2.24) is 9.71 Å². The Labute approximate surface area is 135 Å². The number of benzene rings is 2. The highest BCUT2D eigenvalue weighted by Crippen LogP contribution is 2.23. The molecule has 0 bridgehead atoms. The summed E-state index contributed by atoms with van der Waals surface area (Å²) in [7, 11) is -2.08. The molecule has 0 amide bonds. The SMILES string of the molecule is COc1ccccc1CNS(=O)(=O)c1cccc2cnccc12. The monoisotopic (exact) mass is 328 g/mol. The van der Waals surface area contributed by atoms with Crippen LogP contribution in [0, 0.1) is 0 Å². The molecule has 0 aliphatic carbocycles. The van der Waals surface area contributed by atoms with Crippen molar-refractivity contribution in [2.24, 2.45) is 0 Å². The van der Waals surface area contributed by atoms with Crippen LogP contribution in [0.25, 0.3) is 10.8 Å². The molecule has 0 spiro atoms. The van der Waals surface area contributed by atoms with Gasteiger partial charge in [0.1, 0.15) is 5.75 Å². The Hall–Kier alpha value is -2.44. The van der Waals surface area contributed by atoms with E-state index in [-0.39, 0.29) is 11.4 Å². The van der Waals surface area contributed by atoms with Crippen LogP contribution in [0.1, 0.15) is 5.56 Å². The molecule has 23 heavy (non-hydrogen) atoms. The summed E-state index contributed by atoms with van der Waals surface area (Å²) < 4.78 is 33.2. The molecule has 1 heterocycles. The minimum atomic E-state index is -3.64. The maximum absolute atomic E-state index is 12.6. The quantitative estimate of drug-likeness (QED) is 0.782. The maximum Gasteiger partial charge on any atom is 0.241 e. The van der Waals surface area contributed by atoms with E-state index in [4.69, 9.17) is 4.74 Å². The number of rotatable bonds is 5. The Bertz CT molecular complexity index is 934. The second-order valence-corrected chi connectivity index (χ2v) is 6.72. The van der Waals surface area contributed by atoms with Gasteiger partial charge in [-0.25, -0.2) is 13.1 Å². The molecular weight excluding hydrogens is 312 g/mol. The summed E-state index contributed by atoms with van der Waals surface area (Å²) in [6.45, 7) is 0.161. The number of fused-ring (bicyclic) bond motifs is 1. The lowest BCUT2D eigenvalue weighted by Crippen LogP contribution is -2.23. The third-order valence-corrected chi connectivity index (χ3v) is 5.03. The van der Waals surface area contributed by atoms with Crippen LogP contribution in [0.15, 0.2) is 65.8 Å². The van der Waals surface area contributed by atoms with E-state index in [0.29, 0.717) is 11.1 Å². The first-order valence-electron chi connectivity index (χ1n) is 7.06. The standard InChI is InChI=1S/C17H16N2O3S/c1-22-16-7-3-2-5-14(16)12-19-23(20,21)17-8-4-6-13-11-18-10-9-15(13)17/h2-11,19H,12H2,1H3. The lowest BCUT2D eigenvalue weighted by Gasteiger charge is -2.11. The summed E-state index contributed by atoms with van der Waals surface area (Å²) in [4.78, 5) is 4.26. The molecule has 3 aromatic rings. The molecule has 6 heteroatoms. The number of ether oxygens (including phenoxy) is 1. The summed E-state index contributed by atoms with van der Waals surface area (Å²) in [6, 6.07) is 14.1. The minimum absolute atomic E-state index is 0.161. The molecule has 0 saturated carbocycles. The molecule has 1 aromatic heterocycles. The average Bonchev–Trinajstić information content (AvgIpc) is 2.59. The van der Waals surface area contributed by atoms with Gasteiger partial charge in [-0.2, -0.15) is 0 Å². The molecule has 0 aliphatic rings. The van der Waals surface area contributed by atoms with Gasteiger partial charge >= 0.3 is 0 Å². The molecule has 0 radical (unpaired) electrons. The third kappa shape index (κ3) is 3.18. The second kappa shape index (κ2) is 6.36. The second-order valence-electron chi connectivity index (χ2n) is 4.99. The first kappa shape index (κ1) is 15.5. The van der Waals surface area contributed by atoms with Crippen LogP contribution in [0.4, 0.5) is 0 Å². The zero-order valence-corrected chi connectivity index (χ0v) is 13.4. The lowest BCUT2D eigenvalue weighted by atomic mass is 10.2. The number of nitrogens with one attached hydrogen (secondary N) is 1. The molecular formula is C17H16N2O3S. The minimum Gasteiger partial charge on any atom is -0.496 e. The van der Waals surface area contributed by atoms with Crippen molar-refractivity contribution in [3.63, 3.8) is 0 Å². The largest absolute Gasteiger partial charge is 0.496 e. The number of sulfonamides is 1. The number of hydrogen-bond acceptors (Lipinski definition) is 4. The molecule has 3 rings (SSSR count). The van der Waals surface area contributed by atoms with Crippen LogP contribution in [0.3, 0.4) is 0 Å². The van der Waals surface area contributed by atoms with E-state index in [1.165, 1.54) is 0 Å². The first-order chi connectivity index (χ1) is 11.1. The molecule has 1 N–H and O–H groups in total. The predicted molar refractivity (Wildman–Crippen MR) is 88.8 cm³/mol. The Kier molecular flexibility index (Phi) is 4.27. The lowest BCUT2D eigenvalue weighted by molar-refractivity contribution is 0.409. The normalized spacial score (nSPS) is 11.5. The van der Waals surface area contributed by atoms with Crippen LogP contribution in [-0.2, 0) is 16.6 Å². The van der Waals surface area contributed by atoms with E-state index in [2.05, 4.69) is 9.71 Å². The van der Waals surface area contributed by atoms with Gasteiger partial charge in [-0.1, -0.05) is 30.3 Å². The van der Waals surface area contributed by atoms with Crippen molar-refractivity contribution in [2.75, 3.05) is 7.11 Å². The van der Waals surface area contributed by atoms with Gasteiger partial charge in [0, 0.05) is 35.3 Å². The molecule has 0 unspecified atom stereocenters. The van der Waals surface area contributed by atoms with Crippen molar-refractivity contribution >= 4 is 20.8 Å². The fraction of sp³-hybridized carbons (Fsp3) is 0.118. The first-order valence-corrected chi connectivity index (χ1v) is 8.54. The zero-order chi connectivity index (χ0) is 16.3. The van der Waals surface area contributed by atoms with Crippen molar-refractivity contribution < 1.29 is 13.2 Å². The summed E-state index contributed by atoms with van der Waals surface area (Å²) >= 11 is 0. The van der Waals surface area contributed by atoms with E-state index in [1.54, 1.807) is 43.8 Å². The fourth-order valence-electron chi connectivity index (χ4n) is 2.43. The fourth-order valence-corrected chi connectivity index (χ4v) is 3.66. The molecule has 0 saturated heterocycles. The Morgan fingerprint density at radius 1 is 1.09 bits per heavy atom. The van der Waals surface area contributed by atoms with Gasteiger partial charge in [-0.3, -0.25) is 4.98 Å². The van der Waals surface area contributed by atoms with Crippen molar-refractivity contribution in [1.29, 1.82) is 0 Å². The molecule has 0 atom stereocenters. The van der Waals surface area contributed by atoms with E-state index in [0.717, 1.165) is 10.9 Å². The molecule has 0 fully saturated rings. The van der Waals surface area contributed by atoms with Crippen LogP contribution < -0.4 is 9.46 Å². The summed E-state index contributed by atoms with van der Waals surface area (Å²) in [5.41, 5.74) is 0.778. The van der Waals surface area contributed by atoms with Gasteiger partial charge in [0.2, 0.25) is 10.0 Å². The smallest absolute Gasteiger partial charge is 0.241 e. The number of hydrogen-bond donors (Lipinski definition) is 1. The summed E-state index contributed by atoms with van der Waals surface area (Å²) in [5, 5.41) is 1.43. The van der Waals surface area contributed by atoms with Gasteiger partial charge in [0.05, 0.1) is 12.0 Å². The molecule has 2 aromatic carbocycles. The van der Waals surface area contributed by atoms with Crippen LogP contribution in [0.5, 0.6) is 5.75 Å². The Morgan fingerprint density at radius 2 is 1.91 bits per heavy atom. The zero-order valence-electron chi connectivity index (χ0n) is 12.6. The highest BCUT2D eigenvalue weighted by Gasteiger charge is 2.17. The highest BCUT2D eigenvalue weighted by atomic mass is 32.2.